The zero-order valence-corrected chi connectivity index (χ0v) is 26.8. The maximum atomic E-state index is 13.1. The molecule has 2 aromatic carbocycles. The van der Waals surface area contributed by atoms with Crippen LogP contribution in [0.15, 0.2) is 59.5 Å². The van der Waals surface area contributed by atoms with Gasteiger partial charge in [0.1, 0.15) is 5.56 Å². The molecular weight excluding hydrogens is 606 g/mol. The van der Waals surface area contributed by atoms with E-state index in [1.807, 2.05) is 43.3 Å². The first kappa shape index (κ1) is 31.4. The largest absolute Gasteiger partial charge is 0.481 e. The van der Waals surface area contributed by atoms with E-state index in [1.54, 1.807) is 7.11 Å². The zero-order chi connectivity index (χ0) is 32.5. The van der Waals surface area contributed by atoms with Crippen LogP contribution in [0.5, 0.6) is 5.88 Å². The average Bonchev–Trinajstić information content (AvgIpc) is 3.50. The number of piperidine rings is 1. The number of anilines is 1. The highest BCUT2D eigenvalue weighted by Gasteiger charge is 2.36. The Bertz CT molecular complexity index is 1880. The number of carbonyl (C=O) groups is 2. The van der Waals surface area contributed by atoms with Crippen LogP contribution in [0.3, 0.4) is 0 Å². The number of aryl methyl sites for hydroxylation is 2. The third kappa shape index (κ3) is 5.78. The van der Waals surface area contributed by atoms with Crippen LogP contribution in [-0.2, 0) is 24.7 Å². The van der Waals surface area contributed by atoms with Crippen molar-refractivity contribution in [2.24, 2.45) is 13.0 Å². The number of nitrogens with zero attached hydrogens (tertiary/aromatic N) is 4. The van der Waals surface area contributed by atoms with Gasteiger partial charge in [0.25, 0.3) is 11.5 Å². The number of carbonyl (C=O) groups excluding carboxylic acids is 1. The van der Waals surface area contributed by atoms with E-state index in [2.05, 4.69) is 21.4 Å². The van der Waals surface area contributed by atoms with Gasteiger partial charge < -0.3 is 15.2 Å². The van der Waals surface area contributed by atoms with Crippen molar-refractivity contribution in [3.05, 3.63) is 92.4 Å². The summed E-state index contributed by atoms with van der Waals surface area (Å²) in [4.78, 5) is 44.4. The lowest BCUT2D eigenvalue weighted by Crippen LogP contribution is -2.38. The standard InChI is InChI=1S/C35H36ClN5O5/c1-4-22-23(7-6-10-27(22)38-32(42)26-13-16-37-40(2)34(26)43)24-8-5-9-25(31(24)36)28-19-21-11-12-29(30(21)33(39-28)46-3)41-17-14-20(15-18-41)35(44)45/h5-10,13,16,19-20,29H,4,11-12,14-15,17-18H2,1-3H3,(H,38,42)(H,44,45). The van der Waals surface area contributed by atoms with E-state index in [-0.39, 0.29) is 17.5 Å². The minimum atomic E-state index is -0.714. The van der Waals surface area contributed by atoms with E-state index >= 15 is 0 Å². The highest BCUT2D eigenvalue weighted by Crippen LogP contribution is 2.45. The fraction of sp³-hybridized carbons (Fsp3) is 0.343. The smallest absolute Gasteiger partial charge is 0.306 e. The van der Waals surface area contributed by atoms with E-state index in [1.165, 1.54) is 19.3 Å². The minimum Gasteiger partial charge on any atom is -0.481 e. The van der Waals surface area contributed by atoms with Gasteiger partial charge in [0.05, 0.1) is 23.7 Å². The quantitative estimate of drug-likeness (QED) is 0.248. The molecule has 238 valence electrons. The number of likely N-dealkylation sites (tertiary alicyclic amines) is 1. The number of ether oxygens (including phenoxy) is 1. The summed E-state index contributed by atoms with van der Waals surface area (Å²) >= 11 is 7.16. The number of halogens is 1. The molecule has 0 saturated carbocycles. The zero-order valence-electron chi connectivity index (χ0n) is 26.0. The molecule has 1 atom stereocenters. The second-order valence-corrected chi connectivity index (χ2v) is 12.2. The molecule has 11 heteroatoms. The second kappa shape index (κ2) is 13.1. The molecule has 46 heavy (non-hydrogen) atoms. The number of carboxylic acids is 1. The summed E-state index contributed by atoms with van der Waals surface area (Å²) in [6, 6.07) is 15.1. The lowest BCUT2D eigenvalue weighted by Gasteiger charge is -2.35. The number of methoxy groups -OCH3 is 1. The predicted octanol–water partition coefficient (Wildman–Crippen LogP) is 5.77. The molecule has 2 aromatic heterocycles. The second-order valence-electron chi connectivity index (χ2n) is 11.8. The third-order valence-corrected chi connectivity index (χ3v) is 9.64. The van der Waals surface area contributed by atoms with E-state index in [0.29, 0.717) is 41.5 Å². The number of aliphatic carboxylic acids is 1. The maximum absolute atomic E-state index is 13.1. The van der Waals surface area contributed by atoms with Crippen LogP contribution in [-0.4, -0.2) is 56.8 Å². The molecule has 6 rings (SSSR count). The van der Waals surface area contributed by atoms with E-state index < -0.39 is 17.4 Å². The Kier molecular flexibility index (Phi) is 8.93. The molecule has 1 fully saturated rings. The van der Waals surface area contributed by atoms with Crippen molar-refractivity contribution in [1.82, 2.24) is 19.7 Å². The molecule has 1 aliphatic carbocycles. The fourth-order valence-electron chi connectivity index (χ4n) is 6.84. The van der Waals surface area contributed by atoms with Crippen LogP contribution in [0.25, 0.3) is 22.4 Å². The molecule has 1 unspecified atom stereocenters. The van der Waals surface area contributed by atoms with Gasteiger partial charge in [0.15, 0.2) is 0 Å². The predicted molar refractivity (Wildman–Crippen MR) is 176 cm³/mol. The third-order valence-electron chi connectivity index (χ3n) is 9.24. The topological polar surface area (TPSA) is 127 Å². The molecule has 2 aliphatic rings. The normalized spacial score (nSPS) is 16.7. The number of nitrogens with one attached hydrogen (secondary N) is 1. The SMILES string of the molecule is CCc1c(NC(=O)c2ccnn(C)c2=O)cccc1-c1cccc(-c2cc3c(c(OC)n2)C(N2CCC(C(=O)O)CC2)CC3)c1Cl. The number of hydrogen-bond acceptors (Lipinski definition) is 7. The first-order valence-corrected chi connectivity index (χ1v) is 15.9. The van der Waals surface area contributed by atoms with Crippen LogP contribution in [0.2, 0.25) is 5.02 Å². The van der Waals surface area contributed by atoms with Crippen molar-refractivity contribution < 1.29 is 19.4 Å². The summed E-state index contributed by atoms with van der Waals surface area (Å²) in [6.45, 7) is 3.47. The Hall–Kier alpha value is -4.54. The maximum Gasteiger partial charge on any atom is 0.306 e. The van der Waals surface area contributed by atoms with E-state index in [9.17, 15) is 19.5 Å². The fourth-order valence-corrected chi connectivity index (χ4v) is 7.17. The van der Waals surface area contributed by atoms with Gasteiger partial charge >= 0.3 is 5.97 Å². The Morgan fingerprint density at radius 1 is 1.07 bits per heavy atom. The molecule has 3 heterocycles. The van der Waals surface area contributed by atoms with Crippen molar-refractivity contribution >= 4 is 29.2 Å². The molecule has 0 spiro atoms. The van der Waals surface area contributed by atoms with Crippen LogP contribution in [0.1, 0.15) is 59.3 Å². The minimum absolute atomic E-state index is 0.00796. The van der Waals surface area contributed by atoms with Crippen molar-refractivity contribution in [1.29, 1.82) is 0 Å². The molecule has 1 saturated heterocycles. The number of amides is 1. The van der Waals surface area contributed by atoms with Crippen LogP contribution in [0, 0.1) is 5.92 Å². The van der Waals surface area contributed by atoms with E-state index in [0.717, 1.165) is 64.0 Å². The summed E-state index contributed by atoms with van der Waals surface area (Å²) < 4.78 is 6.98. The number of rotatable bonds is 8. The van der Waals surface area contributed by atoms with Gasteiger partial charge in [-0.2, -0.15) is 5.10 Å². The summed E-state index contributed by atoms with van der Waals surface area (Å²) in [7, 11) is 3.13. The molecule has 1 aliphatic heterocycles. The van der Waals surface area contributed by atoms with Crippen LogP contribution >= 0.6 is 11.6 Å². The molecule has 0 bridgehead atoms. The lowest BCUT2D eigenvalue weighted by atomic mass is 9.93. The van der Waals surface area contributed by atoms with Crippen LogP contribution < -0.4 is 15.6 Å². The van der Waals surface area contributed by atoms with Gasteiger partial charge in [-0.25, -0.2) is 9.67 Å². The van der Waals surface area contributed by atoms with Crippen LogP contribution in [0.4, 0.5) is 5.69 Å². The molecule has 4 aromatic rings. The van der Waals surface area contributed by atoms with Gasteiger partial charge in [0.2, 0.25) is 5.88 Å². The number of pyridine rings is 1. The van der Waals surface area contributed by atoms with E-state index in [4.69, 9.17) is 21.3 Å². The Labute approximate surface area is 272 Å². The summed E-state index contributed by atoms with van der Waals surface area (Å²) in [5.74, 6) is -0.935. The van der Waals surface area contributed by atoms with Crippen molar-refractivity contribution in [3.8, 4) is 28.3 Å². The van der Waals surface area contributed by atoms with Gasteiger partial charge in [-0.1, -0.05) is 48.9 Å². The first-order valence-electron chi connectivity index (χ1n) is 15.5. The van der Waals surface area contributed by atoms with Gasteiger partial charge in [-0.15, -0.1) is 0 Å². The van der Waals surface area contributed by atoms with Gasteiger partial charge in [-0.3, -0.25) is 19.3 Å². The molecule has 2 N–H and O–H groups in total. The Morgan fingerprint density at radius 3 is 2.50 bits per heavy atom. The van der Waals surface area contributed by atoms with Gasteiger partial charge in [-0.05, 0) is 80.1 Å². The average molecular weight is 642 g/mol. The first-order chi connectivity index (χ1) is 22.2. The number of benzene rings is 2. The Morgan fingerprint density at radius 2 is 1.78 bits per heavy atom. The van der Waals surface area contributed by atoms with Crippen molar-refractivity contribution in [2.45, 2.75) is 45.1 Å². The summed E-state index contributed by atoms with van der Waals surface area (Å²) in [6.07, 6.45) is 5.10. The molecular formula is C35H36ClN5O5. The molecule has 10 nitrogen and oxygen atoms in total. The number of aromatic nitrogens is 3. The number of hydrogen-bond donors (Lipinski definition) is 2. The monoisotopic (exact) mass is 641 g/mol. The summed E-state index contributed by atoms with van der Waals surface area (Å²) in [5, 5.41) is 16.8. The molecule has 1 amide bonds. The van der Waals surface area contributed by atoms with Crippen molar-refractivity contribution in [3.63, 3.8) is 0 Å². The number of fused-ring (bicyclic) bond motifs is 1. The Balaban J connectivity index is 1.33. The number of carboxylic acid groups (broad SMARTS) is 1. The highest BCUT2D eigenvalue weighted by atomic mass is 35.5. The highest BCUT2D eigenvalue weighted by molar-refractivity contribution is 6.36. The lowest BCUT2D eigenvalue weighted by molar-refractivity contribution is -0.143. The molecule has 0 radical (unpaired) electrons. The summed E-state index contributed by atoms with van der Waals surface area (Å²) in [5.41, 5.74) is 6.40. The van der Waals surface area contributed by atoms with Crippen molar-refractivity contribution in [2.75, 3.05) is 25.5 Å². The van der Waals surface area contributed by atoms with Gasteiger partial charge in [0, 0.05) is 41.7 Å².